The molecule has 6 heteroatoms. The summed E-state index contributed by atoms with van der Waals surface area (Å²) < 4.78 is 26.6. The minimum absolute atomic E-state index is 0.184. The number of rotatable bonds is 5. The molecule has 0 unspecified atom stereocenters. The van der Waals surface area contributed by atoms with E-state index in [4.69, 9.17) is 0 Å². The van der Waals surface area contributed by atoms with Gasteiger partial charge in [-0.05, 0) is 41.8 Å². The molecule has 1 aromatic heterocycles. The van der Waals surface area contributed by atoms with Gasteiger partial charge in [0.15, 0.2) is 0 Å². The predicted molar refractivity (Wildman–Crippen MR) is 80.0 cm³/mol. The Bertz CT molecular complexity index is 715. The molecular weight excluding hydrogens is 288 g/mol. The number of aliphatic hydroxyl groups is 1. The molecule has 0 amide bonds. The fourth-order valence-electron chi connectivity index (χ4n) is 2.02. The van der Waals surface area contributed by atoms with E-state index in [1.807, 2.05) is 0 Å². The first-order valence-corrected chi connectivity index (χ1v) is 7.95. The lowest BCUT2D eigenvalue weighted by Gasteiger charge is -2.19. The number of nitrogens with zero attached hydrogens (tertiary/aromatic N) is 2. The zero-order valence-corrected chi connectivity index (χ0v) is 12.8. The van der Waals surface area contributed by atoms with Gasteiger partial charge in [0, 0.05) is 26.0 Å². The molecule has 0 saturated carbocycles. The highest BCUT2D eigenvalue weighted by Crippen LogP contribution is 2.22. The molecule has 0 saturated heterocycles. The van der Waals surface area contributed by atoms with Crippen LogP contribution in [0.3, 0.4) is 0 Å². The SMILES string of the molecule is Cc1ccc(CO)cc1S(=O)(=O)N(C)Cc1ccncc1. The van der Waals surface area contributed by atoms with Crippen molar-refractivity contribution in [1.82, 2.24) is 9.29 Å². The first kappa shape index (κ1) is 15.6. The van der Waals surface area contributed by atoms with Crippen LogP contribution in [0.1, 0.15) is 16.7 Å². The van der Waals surface area contributed by atoms with Crippen LogP contribution in [0.15, 0.2) is 47.6 Å². The second-order valence-electron chi connectivity index (χ2n) is 4.87. The Balaban J connectivity index is 2.33. The smallest absolute Gasteiger partial charge is 0.243 e. The number of pyridine rings is 1. The van der Waals surface area contributed by atoms with Crippen LogP contribution < -0.4 is 0 Å². The summed E-state index contributed by atoms with van der Waals surface area (Å²) in [5, 5.41) is 9.18. The largest absolute Gasteiger partial charge is 0.392 e. The number of aliphatic hydroxyl groups excluding tert-OH is 1. The lowest BCUT2D eigenvalue weighted by molar-refractivity contribution is 0.281. The topological polar surface area (TPSA) is 70.5 Å². The first-order chi connectivity index (χ1) is 9.95. The quantitative estimate of drug-likeness (QED) is 0.913. The molecular formula is C15H18N2O3S. The van der Waals surface area contributed by atoms with E-state index < -0.39 is 10.0 Å². The molecule has 1 N–H and O–H groups in total. The van der Waals surface area contributed by atoms with Gasteiger partial charge in [-0.1, -0.05) is 12.1 Å². The van der Waals surface area contributed by atoms with Crippen molar-refractivity contribution in [3.63, 3.8) is 0 Å². The summed E-state index contributed by atoms with van der Waals surface area (Å²) >= 11 is 0. The number of aryl methyl sites for hydroxylation is 1. The van der Waals surface area contributed by atoms with Crippen LogP contribution in [0, 0.1) is 6.92 Å². The van der Waals surface area contributed by atoms with Crippen molar-refractivity contribution >= 4 is 10.0 Å². The van der Waals surface area contributed by atoms with Gasteiger partial charge in [-0.25, -0.2) is 8.42 Å². The Morgan fingerprint density at radius 1 is 1.14 bits per heavy atom. The van der Waals surface area contributed by atoms with Gasteiger partial charge in [0.25, 0.3) is 0 Å². The highest BCUT2D eigenvalue weighted by atomic mass is 32.2. The van der Waals surface area contributed by atoms with E-state index >= 15 is 0 Å². The van der Waals surface area contributed by atoms with E-state index in [-0.39, 0.29) is 18.0 Å². The maximum atomic E-state index is 12.7. The molecule has 0 spiro atoms. The van der Waals surface area contributed by atoms with Crippen molar-refractivity contribution in [1.29, 1.82) is 0 Å². The Morgan fingerprint density at radius 2 is 1.81 bits per heavy atom. The van der Waals surface area contributed by atoms with Gasteiger partial charge in [-0.2, -0.15) is 4.31 Å². The molecule has 0 fully saturated rings. The third kappa shape index (κ3) is 3.47. The van der Waals surface area contributed by atoms with Gasteiger partial charge < -0.3 is 5.11 Å². The molecule has 2 rings (SSSR count). The first-order valence-electron chi connectivity index (χ1n) is 6.51. The molecule has 0 atom stereocenters. The van der Waals surface area contributed by atoms with E-state index in [1.165, 1.54) is 10.4 Å². The zero-order valence-electron chi connectivity index (χ0n) is 12.0. The van der Waals surface area contributed by atoms with Gasteiger partial charge >= 0.3 is 0 Å². The Kier molecular flexibility index (Phi) is 4.72. The number of hydrogen-bond donors (Lipinski definition) is 1. The summed E-state index contributed by atoms with van der Waals surface area (Å²) in [6.45, 7) is 1.83. The summed E-state index contributed by atoms with van der Waals surface area (Å²) in [4.78, 5) is 4.14. The van der Waals surface area contributed by atoms with Crippen LogP contribution in [-0.2, 0) is 23.2 Å². The molecule has 21 heavy (non-hydrogen) atoms. The monoisotopic (exact) mass is 306 g/mol. The van der Waals surface area contributed by atoms with Gasteiger partial charge in [0.2, 0.25) is 10.0 Å². The van der Waals surface area contributed by atoms with Gasteiger partial charge in [0.1, 0.15) is 0 Å². The minimum atomic E-state index is -3.60. The molecule has 5 nitrogen and oxygen atoms in total. The van der Waals surface area contributed by atoms with Crippen LogP contribution >= 0.6 is 0 Å². The molecule has 1 heterocycles. The van der Waals surface area contributed by atoms with Crippen LogP contribution in [0.2, 0.25) is 0 Å². The average Bonchev–Trinajstić information content (AvgIpc) is 2.48. The minimum Gasteiger partial charge on any atom is -0.392 e. The van der Waals surface area contributed by atoms with E-state index in [0.29, 0.717) is 11.1 Å². The summed E-state index contributed by atoms with van der Waals surface area (Å²) in [6.07, 6.45) is 3.26. The van der Waals surface area contributed by atoms with Crippen LogP contribution in [0.4, 0.5) is 0 Å². The number of sulfonamides is 1. The lowest BCUT2D eigenvalue weighted by Crippen LogP contribution is -2.27. The second kappa shape index (κ2) is 6.34. The predicted octanol–water partition coefficient (Wildman–Crippen LogP) is 1.70. The van der Waals surface area contributed by atoms with E-state index in [0.717, 1.165) is 5.56 Å². The van der Waals surface area contributed by atoms with Gasteiger partial charge in [-0.3, -0.25) is 4.98 Å². The van der Waals surface area contributed by atoms with Crippen LogP contribution in [0.25, 0.3) is 0 Å². The molecule has 0 aliphatic rings. The Morgan fingerprint density at radius 3 is 2.43 bits per heavy atom. The maximum Gasteiger partial charge on any atom is 0.243 e. The average molecular weight is 306 g/mol. The van der Waals surface area contributed by atoms with Crippen molar-refractivity contribution in [2.75, 3.05) is 7.05 Å². The molecule has 1 aromatic carbocycles. The van der Waals surface area contributed by atoms with Gasteiger partial charge in [-0.15, -0.1) is 0 Å². The number of aromatic nitrogens is 1. The van der Waals surface area contributed by atoms with Crippen LogP contribution in [0.5, 0.6) is 0 Å². The van der Waals surface area contributed by atoms with Crippen molar-refractivity contribution in [3.05, 3.63) is 59.4 Å². The summed E-state index contributed by atoms with van der Waals surface area (Å²) in [6, 6.07) is 8.51. The Hall–Kier alpha value is -1.76. The fraction of sp³-hybridized carbons (Fsp3) is 0.267. The highest BCUT2D eigenvalue weighted by molar-refractivity contribution is 7.89. The molecule has 0 bridgehead atoms. The molecule has 2 aromatic rings. The van der Waals surface area contributed by atoms with Crippen molar-refractivity contribution in [3.8, 4) is 0 Å². The molecule has 112 valence electrons. The van der Waals surface area contributed by atoms with Crippen LogP contribution in [-0.4, -0.2) is 29.9 Å². The molecule has 0 radical (unpaired) electrons. The zero-order chi connectivity index (χ0) is 15.5. The van der Waals surface area contributed by atoms with E-state index in [9.17, 15) is 13.5 Å². The third-order valence-corrected chi connectivity index (χ3v) is 5.22. The Labute approximate surface area is 124 Å². The maximum absolute atomic E-state index is 12.7. The number of hydrogen-bond acceptors (Lipinski definition) is 4. The third-order valence-electron chi connectivity index (χ3n) is 3.28. The summed E-state index contributed by atoms with van der Waals surface area (Å²) in [5.41, 5.74) is 2.11. The lowest BCUT2D eigenvalue weighted by atomic mass is 10.2. The van der Waals surface area contributed by atoms with Crippen molar-refractivity contribution in [2.45, 2.75) is 25.0 Å². The standard InChI is InChI=1S/C15H18N2O3S/c1-12-3-4-14(11-18)9-15(12)21(19,20)17(2)10-13-5-7-16-8-6-13/h3-9,18H,10-11H2,1-2H3. The normalized spacial score (nSPS) is 11.8. The van der Waals surface area contributed by atoms with Crippen molar-refractivity contribution in [2.24, 2.45) is 0 Å². The summed E-state index contributed by atoms with van der Waals surface area (Å²) in [7, 11) is -2.06. The second-order valence-corrected chi connectivity index (χ2v) is 6.89. The molecule has 0 aliphatic heterocycles. The number of benzene rings is 1. The van der Waals surface area contributed by atoms with E-state index in [2.05, 4.69) is 4.98 Å². The summed E-state index contributed by atoms with van der Waals surface area (Å²) in [5.74, 6) is 0. The van der Waals surface area contributed by atoms with Crippen molar-refractivity contribution < 1.29 is 13.5 Å². The van der Waals surface area contributed by atoms with Gasteiger partial charge in [0.05, 0.1) is 11.5 Å². The molecule has 0 aliphatic carbocycles. The fourth-order valence-corrected chi connectivity index (χ4v) is 3.45. The highest BCUT2D eigenvalue weighted by Gasteiger charge is 2.23. The van der Waals surface area contributed by atoms with E-state index in [1.54, 1.807) is 50.6 Å².